The average molecular weight is 274 g/mol. The molecule has 4 nitrogen and oxygen atoms in total. The molecular formula is C16H22N2O2. The summed E-state index contributed by atoms with van der Waals surface area (Å²) in [5.41, 5.74) is 1.75. The molecule has 4 aliphatic carbocycles. The van der Waals surface area contributed by atoms with Gasteiger partial charge in [0.25, 0.3) is 0 Å². The van der Waals surface area contributed by atoms with E-state index in [0.29, 0.717) is 18.1 Å². The van der Waals surface area contributed by atoms with E-state index in [2.05, 4.69) is 10.2 Å². The zero-order valence-corrected chi connectivity index (χ0v) is 12.0. The predicted octanol–water partition coefficient (Wildman–Crippen LogP) is 2.98. The average Bonchev–Trinajstić information content (AvgIpc) is 2.38. The molecule has 1 aliphatic heterocycles. The van der Waals surface area contributed by atoms with Gasteiger partial charge in [0.1, 0.15) is 5.92 Å². The van der Waals surface area contributed by atoms with Crippen LogP contribution in [-0.2, 0) is 4.79 Å². The van der Waals surface area contributed by atoms with Crippen LogP contribution in [0.3, 0.4) is 0 Å². The molecule has 1 N–H and O–H groups in total. The lowest BCUT2D eigenvalue weighted by molar-refractivity contribution is -0.139. The first-order valence-electron chi connectivity index (χ1n) is 7.95. The second-order valence-corrected chi connectivity index (χ2v) is 7.38. The Morgan fingerprint density at radius 2 is 1.65 bits per heavy atom. The highest BCUT2D eigenvalue weighted by Gasteiger charge is 2.50. The Bertz CT molecular complexity index is 481. The molecule has 0 aromatic carbocycles. The highest BCUT2D eigenvalue weighted by molar-refractivity contribution is 6.06. The van der Waals surface area contributed by atoms with Gasteiger partial charge in [-0.3, -0.25) is 4.79 Å². The molecule has 0 amide bonds. The number of carboxylic acids is 1. The van der Waals surface area contributed by atoms with Gasteiger partial charge in [0.05, 0.1) is 5.71 Å². The van der Waals surface area contributed by atoms with E-state index in [-0.39, 0.29) is 0 Å². The van der Waals surface area contributed by atoms with Gasteiger partial charge in [-0.05, 0) is 62.7 Å². The van der Waals surface area contributed by atoms with Crippen molar-refractivity contribution in [1.29, 1.82) is 0 Å². The summed E-state index contributed by atoms with van der Waals surface area (Å²) < 4.78 is 0. The Morgan fingerprint density at radius 3 is 2.20 bits per heavy atom. The van der Waals surface area contributed by atoms with Crippen molar-refractivity contribution in [2.45, 2.75) is 45.4 Å². The second-order valence-electron chi connectivity index (χ2n) is 7.38. The molecule has 5 aliphatic rings. The normalized spacial score (nSPS) is 46.0. The van der Waals surface area contributed by atoms with Crippen LogP contribution in [0.15, 0.2) is 10.2 Å². The van der Waals surface area contributed by atoms with Gasteiger partial charge < -0.3 is 5.11 Å². The monoisotopic (exact) mass is 274 g/mol. The maximum atomic E-state index is 11.4. The first-order chi connectivity index (χ1) is 9.61. The first-order valence-corrected chi connectivity index (χ1v) is 7.95. The summed E-state index contributed by atoms with van der Waals surface area (Å²) in [6.07, 6.45) is 7.42. The smallest absolute Gasteiger partial charge is 0.312 e. The lowest BCUT2D eigenvalue weighted by Gasteiger charge is -2.54. The highest BCUT2D eigenvalue weighted by atomic mass is 16.4. The van der Waals surface area contributed by atoms with Crippen LogP contribution in [0.1, 0.15) is 45.4 Å². The van der Waals surface area contributed by atoms with Crippen molar-refractivity contribution in [1.82, 2.24) is 0 Å². The van der Waals surface area contributed by atoms with Crippen LogP contribution in [-0.4, -0.2) is 22.5 Å². The van der Waals surface area contributed by atoms with Crippen molar-refractivity contribution in [2.75, 3.05) is 0 Å². The van der Waals surface area contributed by atoms with Crippen LogP contribution >= 0.6 is 0 Å². The third-order valence-electron chi connectivity index (χ3n) is 6.16. The minimum Gasteiger partial charge on any atom is -0.481 e. The summed E-state index contributed by atoms with van der Waals surface area (Å²) in [5, 5.41) is 17.9. The minimum atomic E-state index is -0.748. The molecule has 4 heteroatoms. The third kappa shape index (κ3) is 1.84. The second kappa shape index (κ2) is 4.40. The van der Waals surface area contributed by atoms with Gasteiger partial charge in [0.2, 0.25) is 0 Å². The maximum Gasteiger partial charge on any atom is 0.312 e. The molecule has 4 bridgehead atoms. The van der Waals surface area contributed by atoms with Crippen molar-refractivity contribution in [3.8, 4) is 0 Å². The van der Waals surface area contributed by atoms with Crippen molar-refractivity contribution in [3.63, 3.8) is 0 Å². The Kier molecular flexibility index (Phi) is 2.76. The molecule has 5 rings (SSSR count). The fourth-order valence-electron chi connectivity index (χ4n) is 5.55. The minimum absolute atomic E-state index is 0.445. The molecular weight excluding hydrogens is 252 g/mol. The van der Waals surface area contributed by atoms with Crippen LogP contribution in [0, 0.1) is 35.5 Å². The van der Waals surface area contributed by atoms with Crippen molar-refractivity contribution in [2.24, 2.45) is 45.7 Å². The fraction of sp³-hybridized carbons (Fsp3) is 0.812. The molecule has 0 radical (unpaired) electrons. The van der Waals surface area contributed by atoms with Gasteiger partial charge in [-0.25, -0.2) is 0 Å². The molecule has 1 heterocycles. The summed E-state index contributed by atoms with van der Waals surface area (Å²) in [7, 11) is 0. The molecule has 0 saturated heterocycles. The quantitative estimate of drug-likeness (QED) is 0.841. The number of hydrogen-bond donors (Lipinski definition) is 1. The van der Waals surface area contributed by atoms with E-state index in [1.165, 1.54) is 32.1 Å². The van der Waals surface area contributed by atoms with Gasteiger partial charge in [-0.15, -0.1) is 0 Å². The summed E-state index contributed by atoms with van der Waals surface area (Å²) in [6, 6.07) is 0. The SMILES string of the molecule is CC1=NN=C(C2C3CC4CC(C3)CC2C4)CC1C(=O)O. The third-order valence-corrected chi connectivity index (χ3v) is 6.16. The summed E-state index contributed by atoms with van der Waals surface area (Å²) in [6.45, 7) is 1.79. The van der Waals surface area contributed by atoms with E-state index in [9.17, 15) is 9.90 Å². The van der Waals surface area contributed by atoms with E-state index in [0.717, 1.165) is 29.4 Å². The molecule has 0 aromatic heterocycles. The van der Waals surface area contributed by atoms with Crippen LogP contribution in [0.4, 0.5) is 0 Å². The van der Waals surface area contributed by atoms with Gasteiger partial charge in [0.15, 0.2) is 0 Å². The number of carbonyl (C=O) groups is 1. The van der Waals surface area contributed by atoms with Gasteiger partial charge >= 0.3 is 5.97 Å². The maximum absolute atomic E-state index is 11.4. The standard InChI is InChI=1S/C16H22N2O2/c1-8-13(16(19)20)7-14(18-17-8)15-11-3-9-2-10(5-11)6-12(15)4-9/h9-13,15H,2-7H2,1H3,(H,19,20). The fourth-order valence-corrected chi connectivity index (χ4v) is 5.55. The molecule has 1 atom stereocenters. The summed E-state index contributed by atoms with van der Waals surface area (Å²) in [4.78, 5) is 11.4. The molecule has 0 spiro atoms. The summed E-state index contributed by atoms with van der Waals surface area (Å²) in [5.74, 6) is 2.74. The highest BCUT2D eigenvalue weighted by Crippen LogP contribution is 2.57. The zero-order valence-electron chi connectivity index (χ0n) is 12.0. The Hall–Kier alpha value is -1.19. The van der Waals surface area contributed by atoms with Gasteiger partial charge in [-0.1, -0.05) is 0 Å². The molecule has 4 saturated carbocycles. The van der Waals surface area contributed by atoms with Crippen LogP contribution in [0.25, 0.3) is 0 Å². The number of hydrogen-bond acceptors (Lipinski definition) is 3. The van der Waals surface area contributed by atoms with E-state index < -0.39 is 11.9 Å². The van der Waals surface area contributed by atoms with Crippen LogP contribution < -0.4 is 0 Å². The van der Waals surface area contributed by atoms with Gasteiger partial charge in [0, 0.05) is 18.1 Å². The van der Waals surface area contributed by atoms with Crippen molar-refractivity contribution < 1.29 is 9.90 Å². The van der Waals surface area contributed by atoms with E-state index in [1.54, 1.807) is 6.92 Å². The van der Waals surface area contributed by atoms with E-state index in [4.69, 9.17) is 0 Å². The molecule has 4 fully saturated rings. The summed E-state index contributed by atoms with van der Waals surface area (Å²) >= 11 is 0. The Morgan fingerprint density at radius 1 is 1.05 bits per heavy atom. The molecule has 1 unspecified atom stereocenters. The number of aliphatic carboxylic acids is 1. The van der Waals surface area contributed by atoms with Crippen LogP contribution in [0.5, 0.6) is 0 Å². The lowest BCUT2D eigenvalue weighted by atomic mass is 9.50. The van der Waals surface area contributed by atoms with Crippen molar-refractivity contribution in [3.05, 3.63) is 0 Å². The molecule has 108 valence electrons. The topological polar surface area (TPSA) is 62.0 Å². The predicted molar refractivity (Wildman–Crippen MR) is 76.8 cm³/mol. The number of carboxylic acid groups (broad SMARTS) is 1. The largest absolute Gasteiger partial charge is 0.481 e. The Balaban J connectivity index is 1.60. The number of rotatable bonds is 2. The van der Waals surface area contributed by atoms with Crippen molar-refractivity contribution >= 4 is 17.4 Å². The Labute approximate surface area is 119 Å². The zero-order chi connectivity index (χ0) is 13.9. The number of nitrogens with zero attached hydrogens (tertiary/aromatic N) is 2. The molecule has 0 aromatic rings. The van der Waals surface area contributed by atoms with Gasteiger partial charge in [-0.2, -0.15) is 10.2 Å². The molecule has 20 heavy (non-hydrogen) atoms. The van der Waals surface area contributed by atoms with E-state index >= 15 is 0 Å². The lowest BCUT2D eigenvalue weighted by Crippen LogP contribution is -2.49. The van der Waals surface area contributed by atoms with E-state index in [1.807, 2.05) is 0 Å². The van der Waals surface area contributed by atoms with Crippen LogP contribution in [0.2, 0.25) is 0 Å². The first kappa shape index (κ1) is 12.5.